The molecular weight excluding hydrogens is 531 g/mol. The molecule has 0 bridgehead atoms. The number of carbonyl (C=O) groups excluding carboxylic acids is 2. The number of carbonyl (C=O) groups is 2. The average Bonchev–Trinajstić information content (AvgIpc) is 2.99. The zero-order valence-corrected chi connectivity index (χ0v) is 25.1. The van der Waals surface area contributed by atoms with E-state index in [1.165, 1.54) is 12.1 Å². The van der Waals surface area contributed by atoms with E-state index < -0.39 is 12.1 Å². The number of halogens is 1. The molecule has 2 atom stereocenters. The molecule has 1 heterocycles. The average molecular weight is 575 g/mol. The molecule has 0 aromatic heterocycles. The van der Waals surface area contributed by atoms with E-state index in [1.807, 2.05) is 78.5 Å². The standard InChI is InChI=1S/C34H43FN4O3/c1-25(2)22-31(38(4)23-26-10-14-29(35)15-11-26)33(40)36-32(34(41)39-20-18-37(3)19-21-39)28-12-16-30(17-13-28)42-24-27-8-6-5-7-9-27/h5-17,25,31-32H,18-24H2,1-4H3,(H,36,40). The van der Waals surface area contributed by atoms with Gasteiger partial charge in [-0.25, -0.2) is 4.39 Å². The van der Waals surface area contributed by atoms with Gasteiger partial charge in [-0.3, -0.25) is 14.5 Å². The third-order valence-electron chi connectivity index (χ3n) is 7.68. The molecule has 2 unspecified atom stereocenters. The van der Waals surface area contributed by atoms with Gasteiger partial charge in [0.25, 0.3) is 0 Å². The quantitative estimate of drug-likeness (QED) is 0.334. The van der Waals surface area contributed by atoms with Gasteiger partial charge >= 0.3 is 0 Å². The van der Waals surface area contributed by atoms with Crippen molar-refractivity contribution in [1.29, 1.82) is 0 Å². The lowest BCUT2D eigenvalue weighted by Gasteiger charge is -2.36. The highest BCUT2D eigenvalue weighted by Gasteiger charge is 2.33. The minimum atomic E-state index is -0.821. The number of piperazine rings is 1. The van der Waals surface area contributed by atoms with Gasteiger partial charge in [0.05, 0.1) is 6.04 Å². The maximum absolute atomic E-state index is 13.9. The minimum absolute atomic E-state index is 0.112. The number of nitrogens with zero attached hydrogens (tertiary/aromatic N) is 3. The Bertz CT molecular complexity index is 1280. The van der Waals surface area contributed by atoms with Crippen molar-refractivity contribution in [2.45, 2.75) is 45.5 Å². The van der Waals surface area contributed by atoms with Crippen molar-refractivity contribution in [3.63, 3.8) is 0 Å². The predicted octanol–water partition coefficient (Wildman–Crippen LogP) is 4.88. The molecule has 4 rings (SSSR count). The van der Waals surface area contributed by atoms with Gasteiger partial charge < -0.3 is 19.9 Å². The van der Waals surface area contributed by atoms with E-state index in [1.54, 1.807) is 12.1 Å². The third kappa shape index (κ3) is 8.87. The van der Waals surface area contributed by atoms with Gasteiger partial charge in [-0.05, 0) is 67.4 Å². The number of amides is 2. The molecular formula is C34H43FN4O3. The highest BCUT2D eigenvalue weighted by Crippen LogP contribution is 2.23. The Morgan fingerprint density at radius 3 is 2.17 bits per heavy atom. The van der Waals surface area contributed by atoms with Crippen molar-refractivity contribution < 1.29 is 18.7 Å². The molecule has 3 aromatic rings. The van der Waals surface area contributed by atoms with E-state index in [-0.39, 0.29) is 23.5 Å². The Morgan fingerprint density at radius 2 is 1.55 bits per heavy atom. The van der Waals surface area contributed by atoms with Gasteiger partial charge in [-0.1, -0.05) is 68.4 Å². The van der Waals surface area contributed by atoms with Gasteiger partial charge in [0, 0.05) is 32.7 Å². The zero-order chi connectivity index (χ0) is 30.1. The van der Waals surface area contributed by atoms with Crippen LogP contribution < -0.4 is 10.1 Å². The molecule has 0 aliphatic carbocycles. The number of ether oxygens (including phenoxy) is 1. The predicted molar refractivity (Wildman–Crippen MR) is 163 cm³/mol. The molecule has 0 radical (unpaired) electrons. The first-order valence-electron chi connectivity index (χ1n) is 14.7. The highest BCUT2D eigenvalue weighted by molar-refractivity contribution is 5.90. The molecule has 224 valence electrons. The van der Waals surface area contributed by atoms with Crippen LogP contribution >= 0.6 is 0 Å². The summed E-state index contributed by atoms with van der Waals surface area (Å²) in [7, 11) is 3.94. The summed E-state index contributed by atoms with van der Waals surface area (Å²) in [6.07, 6.45) is 0.616. The smallest absolute Gasteiger partial charge is 0.249 e. The minimum Gasteiger partial charge on any atom is -0.489 e. The van der Waals surface area contributed by atoms with Crippen molar-refractivity contribution in [3.05, 3.63) is 101 Å². The molecule has 1 aliphatic heterocycles. The molecule has 8 heteroatoms. The van der Waals surface area contributed by atoms with Crippen LogP contribution in [0.2, 0.25) is 0 Å². The monoisotopic (exact) mass is 574 g/mol. The lowest BCUT2D eigenvalue weighted by molar-refractivity contribution is -0.139. The lowest BCUT2D eigenvalue weighted by Crippen LogP contribution is -2.53. The zero-order valence-electron chi connectivity index (χ0n) is 25.1. The van der Waals surface area contributed by atoms with Gasteiger partial charge in [-0.15, -0.1) is 0 Å². The molecule has 1 aliphatic rings. The third-order valence-corrected chi connectivity index (χ3v) is 7.68. The van der Waals surface area contributed by atoms with Crippen LogP contribution in [0, 0.1) is 11.7 Å². The SMILES string of the molecule is CC(C)CC(C(=O)NC(C(=O)N1CCN(C)CC1)c1ccc(OCc2ccccc2)cc1)N(C)Cc1ccc(F)cc1. The number of benzene rings is 3. The van der Waals surface area contributed by atoms with Crippen LogP contribution in [0.5, 0.6) is 5.75 Å². The Balaban J connectivity index is 1.53. The number of hydrogen-bond donors (Lipinski definition) is 1. The molecule has 1 N–H and O–H groups in total. The van der Waals surface area contributed by atoms with E-state index >= 15 is 0 Å². The summed E-state index contributed by atoms with van der Waals surface area (Å²) >= 11 is 0. The Labute approximate surface area is 249 Å². The first-order valence-corrected chi connectivity index (χ1v) is 14.7. The van der Waals surface area contributed by atoms with E-state index in [2.05, 4.69) is 24.1 Å². The van der Waals surface area contributed by atoms with Crippen molar-refractivity contribution in [1.82, 2.24) is 20.0 Å². The summed E-state index contributed by atoms with van der Waals surface area (Å²) in [6.45, 7) is 7.87. The van der Waals surface area contributed by atoms with Crippen molar-refractivity contribution in [2.75, 3.05) is 40.3 Å². The normalized spacial score (nSPS) is 15.5. The fourth-order valence-corrected chi connectivity index (χ4v) is 5.15. The summed E-state index contributed by atoms with van der Waals surface area (Å²) < 4.78 is 19.4. The molecule has 1 fully saturated rings. The van der Waals surface area contributed by atoms with Crippen LogP contribution in [0.15, 0.2) is 78.9 Å². The van der Waals surface area contributed by atoms with Gasteiger partial charge in [-0.2, -0.15) is 0 Å². The summed E-state index contributed by atoms with van der Waals surface area (Å²) in [4.78, 5) is 33.8. The second-order valence-electron chi connectivity index (χ2n) is 11.6. The van der Waals surface area contributed by atoms with Crippen LogP contribution in [0.25, 0.3) is 0 Å². The summed E-state index contributed by atoms with van der Waals surface area (Å²) in [5.41, 5.74) is 2.69. The topological polar surface area (TPSA) is 65.1 Å². The van der Waals surface area contributed by atoms with Gasteiger partial charge in [0.1, 0.15) is 24.2 Å². The van der Waals surface area contributed by atoms with Crippen molar-refractivity contribution in [3.8, 4) is 5.75 Å². The first kappa shape index (κ1) is 31.2. The van der Waals surface area contributed by atoms with Gasteiger partial charge in [0.2, 0.25) is 11.8 Å². The summed E-state index contributed by atoms with van der Waals surface area (Å²) in [5, 5.41) is 3.11. The fraction of sp³-hybridized carbons (Fsp3) is 0.412. The maximum atomic E-state index is 13.9. The second-order valence-corrected chi connectivity index (χ2v) is 11.6. The fourth-order valence-electron chi connectivity index (χ4n) is 5.15. The highest BCUT2D eigenvalue weighted by atomic mass is 19.1. The van der Waals surface area contributed by atoms with E-state index in [9.17, 15) is 14.0 Å². The van der Waals surface area contributed by atoms with Crippen molar-refractivity contribution >= 4 is 11.8 Å². The van der Waals surface area contributed by atoms with Crippen LogP contribution in [-0.4, -0.2) is 72.8 Å². The molecule has 3 aromatic carbocycles. The van der Waals surface area contributed by atoms with Crippen LogP contribution in [-0.2, 0) is 22.7 Å². The summed E-state index contributed by atoms with van der Waals surface area (Å²) in [6, 6.07) is 22.4. The van der Waals surface area contributed by atoms with Crippen molar-refractivity contribution in [2.24, 2.45) is 5.92 Å². The molecule has 1 saturated heterocycles. The number of hydrogen-bond acceptors (Lipinski definition) is 5. The molecule has 0 spiro atoms. The van der Waals surface area contributed by atoms with Crippen LogP contribution in [0.4, 0.5) is 4.39 Å². The Hall–Kier alpha value is -3.75. The van der Waals surface area contributed by atoms with E-state index in [0.29, 0.717) is 44.0 Å². The molecule has 42 heavy (non-hydrogen) atoms. The second kappa shape index (κ2) is 14.9. The maximum Gasteiger partial charge on any atom is 0.249 e. The Morgan fingerprint density at radius 1 is 0.905 bits per heavy atom. The summed E-state index contributed by atoms with van der Waals surface area (Å²) in [5.74, 6) is 0.337. The molecule has 2 amide bonds. The van der Waals surface area contributed by atoms with E-state index in [4.69, 9.17) is 4.74 Å². The molecule has 0 saturated carbocycles. The van der Waals surface area contributed by atoms with E-state index in [0.717, 1.165) is 24.2 Å². The van der Waals surface area contributed by atoms with Crippen LogP contribution in [0.1, 0.15) is 43.0 Å². The van der Waals surface area contributed by atoms with Crippen LogP contribution in [0.3, 0.4) is 0 Å². The lowest BCUT2D eigenvalue weighted by atomic mass is 9.99. The Kier molecular flexibility index (Phi) is 11.1. The number of likely N-dealkylation sites (N-methyl/N-ethyl adjacent to an activating group) is 2. The largest absolute Gasteiger partial charge is 0.489 e. The molecule has 7 nitrogen and oxygen atoms in total. The van der Waals surface area contributed by atoms with Gasteiger partial charge in [0.15, 0.2) is 0 Å². The first-order chi connectivity index (χ1) is 20.2. The number of nitrogens with one attached hydrogen (secondary N) is 1. The number of rotatable bonds is 12.